The molecule has 106 valence electrons. The maximum absolute atomic E-state index is 5.89. The molecule has 0 aromatic rings. The second kappa shape index (κ2) is 4.94. The third kappa shape index (κ3) is 2.45. The van der Waals surface area contributed by atoms with Crippen molar-refractivity contribution in [1.82, 2.24) is 0 Å². The van der Waals surface area contributed by atoms with Gasteiger partial charge < -0.3 is 4.74 Å². The number of fused-ring (bicyclic) bond motifs is 1. The molecule has 0 aliphatic heterocycles. The molecule has 0 heterocycles. The maximum atomic E-state index is 5.89. The van der Waals surface area contributed by atoms with Gasteiger partial charge in [0.1, 0.15) is 0 Å². The molecule has 0 aromatic heterocycles. The van der Waals surface area contributed by atoms with E-state index in [0.717, 1.165) is 12.8 Å². The second-order valence-electron chi connectivity index (χ2n) is 7.09. The quantitative estimate of drug-likeness (QED) is 0.638. The van der Waals surface area contributed by atoms with Crippen LogP contribution in [0.3, 0.4) is 0 Å². The average molecular weight is 260 g/mol. The third-order valence-electron chi connectivity index (χ3n) is 4.86. The van der Waals surface area contributed by atoms with Gasteiger partial charge in [-0.2, -0.15) is 0 Å². The minimum atomic E-state index is -0.0533. The predicted octanol–water partition coefficient (Wildman–Crippen LogP) is 4.91. The fourth-order valence-corrected chi connectivity index (χ4v) is 3.96. The topological polar surface area (TPSA) is 9.23 Å². The van der Waals surface area contributed by atoms with E-state index in [2.05, 4.69) is 46.4 Å². The van der Waals surface area contributed by atoms with Gasteiger partial charge in [0.2, 0.25) is 0 Å². The molecule has 0 saturated heterocycles. The largest absolute Gasteiger partial charge is 0.378 e. The average Bonchev–Trinajstić information content (AvgIpc) is 2.31. The molecule has 3 aliphatic carbocycles. The van der Waals surface area contributed by atoms with Crippen LogP contribution in [0.2, 0.25) is 0 Å². The minimum absolute atomic E-state index is 0.0533. The van der Waals surface area contributed by atoms with E-state index in [1.54, 1.807) is 5.57 Å². The number of methoxy groups -OCH3 is 1. The molecule has 0 amide bonds. The van der Waals surface area contributed by atoms with Crippen LogP contribution in [0.25, 0.3) is 0 Å². The summed E-state index contributed by atoms with van der Waals surface area (Å²) in [7, 11) is 1.85. The molecule has 2 bridgehead atoms. The van der Waals surface area contributed by atoms with Crippen LogP contribution in [-0.2, 0) is 4.74 Å². The normalized spacial score (nSPS) is 37.3. The first-order valence-electron chi connectivity index (χ1n) is 7.43. The van der Waals surface area contributed by atoms with Crippen molar-refractivity contribution in [3.63, 3.8) is 0 Å². The second-order valence-corrected chi connectivity index (χ2v) is 7.09. The molecule has 0 unspecified atom stereocenters. The van der Waals surface area contributed by atoms with Crippen LogP contribution >= 0.6 is 0 Å². The Morgan fingerprint density at radius 3 is 2.63 bits per heavy atom. The summed E-state index contributed by atoms with van der Waals surface area (Å²) in [4.78, 5) is 0. The van der Waals surface area contributed by atoms with E-state index in [9.17, 15) is 0 Å². The van der Waals surface area contributed by atoms with Crippen molar-refractivity contribution < 1.29 is 4.74 Å². The lowest BCUT2D eigenvalue weighted by Gasteiger charge is -2.53. The Kier molecular flexibility index (Phi) is 3.79. The molecular formula is C18H28O. The van der Waals surface area contributed by atoms with Gasteiger partial charge in [-0.25, -0.2) is 0 Å². The predicted molar refractivity (Wildman–Crippen MR) is 82.1 cm³/mol. The molecular weight excluding hydrogens is 232 g/mol. The first-order valence-corrected chi connectivity index (χ1v) is 7.43. The zero-order valence-corrected chi connectivity index (χ0v) is 13.1. The van der Waals surface area contributed by atoms with E-state index in [1.165, 1.54) is 12.0 Å². The summed E-state index contributed by atoms with van der Waals surface area (Å²) < 4.78 is 5.89. The first-order chi connectivity index (χ1) is 8.84. The maximum Gasteiger partial charge on any atom is 0.0761 e. The summed E-state index contributed by atoms with van der Waals surface area (Å²) >= 11 is 0. The van der Waals surface area contributed by atoms with Crippen LogP contribution in [0.15, 0.2) is 36.0 Å². The summed E-state index contributed by atoms with van der Waals surface area (Å²) in [5, 5.41) is 0. The van der Waals surface area contributed by atoms with Gasteiger partial charge in [0.05, 0.1) is 5.60 Å². The van der Waals surface area contributed by atoms with Crippen molar-refractivity contribution in [2.24, 2.45) is 17.3 Å². The first kappa shape index (κ1) is 14.6. The van der Waals surface area contributed by atoms with Gasteiger partial charge in [0, 0.05) is 18.4 Å². The fraction of sp³-hybridized carbons (Fsp3) is 0.667. The molecule has 0 spiro atoms. The standard InChI is InChI=1S/C18H28O/c1-7-8-14-11-17(4)12-18(5,19-6)16(14)10-15(17)9-13(2)3/h7,10-11,13,16H,1,8-9,12H2,2-6H3/t16-,17+,18-/m0/s1. The van der Waals surface area contributed by atoms with Gasteiger partial charge >= 0.3 is 0 Å². The van der Waals surface area contributed by atoms with Crippen LogP contribution in [0, 0.1) is 17.3 Å². The molecule has 3 atom stereocenters. The molecule has 3 rings (SSSR count). The minimum Gasteiger partial charge on any atom is -0.378 e. The van der Waals surface area contributed by atoms with E-state index in [0.29, 0.717) is 11.8 Å². The summed E-state index contributed by atoms with van der Waals surface area (Å²) in [6.45, 7) is 13.1. The van der Waals surface area contributed by atoms with Gasteiger partial charge in [-0.1, -0.05) is 50.1 Å². The van der Waals surface area contributed by atoms with Crippen molar-refractivity contribution in [1.29, 1.82) is 0 Å². The molecule has 0 radical (unpaired) electrons. The number of hydrogen-bond donors (Lipinski definition) is 0. The molecule has 0 saturated carbocycles. The SMILES string of the molecule is C=CCC1=C[C@]2(C)C[C@](C)(OC)[C@H]1C=C2CC(C)C. The van der Waals surface area contributed by atoms with Gasteiger partial charge in [-0.3, -0.25) is 0 Å². The van der Waals surface area contributed by atoms with E-state index in [1.807, 2.05) is 13.2 Å². The highest BCUT2D eigenvalue weighted by atomic mass is 16.5. The molecule has 1 heteroatoms. The smallest absolute Gasteiger partial charge is 0.0761 e. The Bertz CT molecular complexity index is 429. The van der Waals surface area contributed by atoms with Crippen LogP contribution in [0.1, 0.15) is 47.0 Å². The Balaban J connectivity index is 2.41. The van der Waals surface area contributed by atoms with Gasteiger partial charge in [-0.15, -0.1) is 6.58 Å². The fourth-order valence-electron chi connectivity index (χ4n) is 3.96. The van der Waals surface area contributed by atoms with Gasteiger partial charge in [0.15, 0.2) is 0 Å². The van der Waals surface area contributed by atoms with Gasteiger partial charge in [-0.05, 0) is 32.1 Å². The van der Waals surface area contributed by atoms with Gasteiger partial charge in [0.25, 0.3) is 0 Å². The Morgan fingerprint density at radius 1 is 1.47 bits per heavy atom. The zero-order valence-electron chi connectivity index (χ0n) is 13.1. The summed E-state index contributed by atoms with van der Waals surface area (Å²) in [5.74, 6) is 1.14. The number of hydrogen-bond acceptors (Lipinski definition) is 1. The van der Waals surface area contributed by atoms with E-state index >= 15 is 0 Å². The van der Waals surface area contributed by atoms with Crippen molar-refractivity contribution in [2.75, 3.05) is 7.11 Å². The van der Waals surface area contributed by atoms with Crippen LogP contribution < -0.4 is 0 Å². The van der Waals surface area contributed by atoms with Crippen molar-refractivity contribution >= 4 is 0 Å². The Morgan fingerprint density at radius 2 is 2.16 bits per heavy atom. The molecule has 3 aliphatic rings. The highest BCUT2D eigenvalue weighted by molar-refractivity contribution is 5.41. The number of ether oxygens (including phenoxy) is 1. The van der Waals surface area contributed by atoms with E-state index < -0.39 is 0 Å². The van der Waals surface area contributed by atoms with Crippen molar-refractivity contribution in [3.05, 3.63) is 36.0 Å². The van der Waals surface area contributed by atoms with E-state index in [4.69, 9.17) is 4.74 Å². The molecule has 0 aromatic carbocycles. The third-order valence-corrected chi connectivity index (χ3v) is 4.86. The number of rotatable bonds is 5. The van der Waals surface area contributed by atoms with Crippen LogP contribution in [0.4, 0.5) is 0 Å². The lowest BCUT2D eigenvalue weighted by Crippen LogP contribution is -2.49. The molecule has 1 nitrogen and oxygen atoms in total. The summed E-state index contributed by atoms with van der Waals surface area (Å²) in [6, 6.07) is 0. The van der Waals surface area contributed by atoms with E-state index in [-0.39, 0.29) is 11.0 Å². The Hall–Kier alpha value is -0.820. The highest BCUT2D eigenvalue weighted by Gasteiger charge is 2.50. The van der Waals surface area contributed by atoms with Crippen LogP contribution in [0.5, 0.6) is 0 Å². The summed E-state index contributed by atoms with van der Waals surface area (Å²) in [5.41, 5.74) is 3.21. The molecule has 0 N–H and O–H groups in total. The lowest BCUT2D eigenvalue weighted by atomic mass is 9.56. The molecule has 0 fully saturated rings. The molecule has 19 heavy (non-hydrogen) atoms. The van der Waals surface area contributed by atoms with Crippen molar-refractivity contribution in [2.45, 2.75) is 52.6 Å². The monoisotopic (exact) mass is 260 g/mol. The van der Waals surface area contributed by atoms with Crippen LogP contribution in [-0.4, -0.2) is 12.7 Å². The van der Waals surface area contributed by atoms with Crippen molar-refractivity contribution in [3.8, 4) is 0 Å². The zero-order chi connectivity index (χ0) is 14.3. The highest BCUT2D eigenvalue weighted by Crippen LogP contribution is 2.56. The Labute approximate surface area is 118 Å². The lowest BCUT2D eigenvalue weighted by molar-refractivity contribution is -0.0565. The number of allylic oxidation sites excluding steroid dienone is 3. The summed E-state index contributed by atoms with van der Waals surface area (Å²) in [6.07, 6.45) is 10.3.